The van der Waals surface area contributed by atoms with E-state index in [-0.39, 0.29) is 33.6 Å². The summed E-state index contributed by atoms with van der Waals surface area (Å²) in [5, 5.41) is 11.1. The van der Waals surface area contributed by atoms with Crippen molar-refractivity contribution in [2.45, 2.75) is 139 Å². The van der Waals surface area contributed by atoms with Gasteiger partial charge in [-0.15, -0.1) is 0 Å². The van der Waals surface area contributed by atoms with Crippen molar-refractivity contribution < 1.29 is 9.90 Å². The minimum Gasteiger partial charge on any atom is -0.373 e. The molecule has 4 heteroatoms. The first kappa shape index (κ1) is 29.0. The summed E-state index contributed by atoms with van der Waals surface area (Å²) in [5.41, 5.74) is 0.693. The standard InChI is InChI=1S/C31H58N2O2/c1-26(2,3)31(11)22-30(31,10)21-28(6,7)23-20-24(34)33(25(23)35)29(8,9)15-12-14-27(4,5)16-19-32-17-13-18-32/h23-24,34H,12-22H2,1-11H3. The maximum atomic E-state index is 13.8. The molecule has 2 aliphatic heterocycles. The van der Waals surface area contributed by atoms with E-state index in [9.17, 15) is 9.90 Å². The Morgan fingerprint density at radius 1 is 0.943 bits per heavy atom. The fourth-order valence-corrected chi connectivity index (χ4v) is 7.69. The molecule has 2 heterocycles. The van der Waals surface area contributed by atoms with Crippen LogP contribution in [0.1, 0.15) is 128 Å². The molecule has 0 aromatic rings. The number of nitrogens with zero attached hydrogens (tertiary/aromatic N) is 2. The SMILES string of the molecule is CC(C)(CCCC(C)(C)N1C(=O)C(C(C)(C)CC2(C)CC2(C)C(C)(C)C)CC1O)CCN1CCC1. The van der Waals surface area contributed by atoms with E-state index in [2.05, 4.69) is 81.1 Å². The van der Waals surface area contributed by atoms with Crippen LogP contribution in [0.5, 0.6) is 0 Å². The van der Waals surface area contributed by atoms with E-state index in [0.29, 0.717) is 17.3 Å². The number of rotatable bonds is 11. The van der Waals surface area contributed by atoms with Crippen LogP contribution in [0.2, 0.25) is 0 Å². The molecule has 35 heavy (non-hydrogen) atoms. The quantitative estimate of drug-likeness (QED) is 0.336. The molecule has 204 valence electrons. The van der Waals surface area contributed by atoms with Crippen LogP contribution < -0.4 is 0 Å². The molecule has 3 aliphatic rings. The second kappa shape index (κ2) is 9.29. The molecule has 3 rings (SSSR count). The van der Waals surface area contributed by atoms with Gasteiger partial charge in [0.1, 0.15) is 6.23 Å². The van der Waals surface area contributed by atoms with Gasteiger partial charge in [-0.25, -0.2) is 0 Å². The van der Waals surface area contributed by atoms with Crippen molar-refractivity contribution in [1.82, 2.24) is 9.80 Å². The summed E-state index contributed by atoms with van der Waals surface area (Å²) in [5.74, 6) is 0.0673. The predicted molar refractivity (Wildman–Crippen MR) is 147 cm³/mol. The van der Waals surface area contributed by atoms with Crippen molar-refractivity contribution in [1.29, 1.82) is 0 Å². The van der Waals surface area contributed by atoms with Crippen molar-refractivity contribution >= 4 is 5.91 Å². The molecule has 4 unspecified atom stereocenters. The fourth-order valence-electron chi connectivity index (χ4n) is 7.69. The highest BCUT2D eigenvalue weighted by molar-refractivity contribution is 5.82. The normalized spacial score (nSPS) is 32.8. The van der Waals surface area contributed by atoms with Crippen LogP contribution in [-0.4, -0.2) is 52.2 Å². The first-order chi connectivity index (χ1) is 15.7. The zero-order chi connectivity index (χ0) is 26.7. The van der Waals surface area contributed by atoms with Gasteiger partial charge in [0.25, 0.3) is 0 Å². The van der Waals surface area contributed by atoms with Gasteiger partial charge in [-0.05, 0) is 99.1 Å². The van der Waals surface area contributed by atoms with Crippen molar-refractivity contribution in [2.24, 2.45) is 33.0 Å². The highest BCUT2D eigenvalue weighted by atomic mass is 16.3. The molecular formula is C31H58N2O2. The van der Waals surface area contributed by atoms with E-state index in [1.165, 1.54) is 45.3 Å². The molecule has 0 bridgehead atoms. The van der Waals surface area contributed by atoms with E-state index in [1.54, 1.807) is 0 Å². The van der Waals surface area contributed by atoms with Crippen LogP contribution in [0, 0.1) is 33.0 Å². The molecule has 0 aromatic carbocycles. The lowest BCUT2D eigenvalue weighted by molar-refractivity contribution is -0.146. The topological polar surface area (TPSA) is 43.8 Å². The molecule has 1 amide bonds. The molecule has 4 atom stereocenters. The average molecular weight is 491 g/mol. The number of aliphatic hydroxyl groups is 1. The number of amides is 1. The summed E-state index contributed by atoms with van der Waals surface area (Å²) in [6.07, 6.45) is 7.95. The van der Waals surface area contributed by atoms with Gasteiger partial charge in [0.2, 0.25) is 5.91 Å². The van der Waals surface area contributed by atoms with E-state index in [0.717, 1.165) is 19.3 Å². The summed E-state index contributed by atoms with van der Waals surface area (Å²) in [7, 11) is 0. The second-order valence-electron chi connectivity index (χ2n) is 16.2. The minimum atomic E-state index is -0.665. The van der Waals surface area contributed by atoms with E-state index < -0.39 is 6.23 Å². The van der Waals surface area contributed by atoms with Crippen LogP contribution in [0.3, 0.4) is 0 Å². The van der Waals surface area contributed by atoms with Gasteiger partial charge >= 0.3 is 0 Å². The Hall–Kier alpha value is -0.610. The Labute approximate surface area is 217 Å². The zero-order valence-corrected chi connectivity index (χ0v) is 25.2. The molecule has 0 spiro atoms. The van der Waals surface area contributed by atoms with E-state index >= 15 is 0 Å². The van der Waals surface area contributed by atoms with Gasteiger partial charge < -0.3 is 14.9 Å². The number of hydrogen-bond donors (Lipinski definition) is 1. The predicted octanol–water partition coefficient (Wildman–Crippen LogP) is 7.10. The smallest absolute Gasteiger partial charge is 0.228 e. The molecular weight excluding hydrogens is 432 g/mol. The van der Waals surface area contributed by atoms with Crippen LogP contribution in [0.15, 0.2) is 0 Å². The lowest BCUT2D eigenvalue weighted by atomic mass is 9.66. The largest absolute Gasteiger partial charge is 0.373 e. The van der Waals surface area contributed by atoms with Crippen molar-refractivity contribution in [3.05, 3.63) is 0 Å². The summed E-state index contributed by atoms with van der Waals surface area (Å²) < 4.78 is 0. The first-order valence-electron chi connectivity index (χ1n) is 14.5. The van der Waals surface area contributed by atoms with Gasteiger partial charge in [0.15, 0.2) is 0 Å². The Balaban J connectivity index is 1.59. The Morgan fingerprint density at radius 3 is 2.03 bits per heavy atom. The van der Waals surface area contributed by atoms with Crippen LogP contribution in [-0.2, 0) is 4.79 Å². The third-order valence-electron chi connectivity index (χ3n) is 11.0. The number of carbonyl (C=O) groups is 1. The van der Waals surface area contributed by atoms with Gasteiger partial charge in [-0.1, -0.05) is 68.7 Å². The van der Waals surface area contributed by atoms with Crippen LogP contribution >= 0.6 is 0 Å². The Bertz CT molecular complexity index is 775. The lowest BCUT2D eigenvalue weighted by Crippen LogP contribution is -2.50. The van der Waals surface area contributed by atoms with Crippen LogP contribution in [0.25, 0.3) is 0 Å². The number of hydrogen-bond acceptors (Lipinski definition) is 3. The third-order valence-corrected chi connectivity index (χ3v) is 11.0. The maximum Gasteiger partial charge on any atom is 0.228 e. The summed E-state index contributed by atoms with van der Waals surface area (Å²) in [4.78, 5) is 18.2. The third kappa shape index (κ3) is 5.79. The number of aliphatic hydroxyl groups excluding tert-OH is 1. The molecule has 0 radical (unpaired) electrons. The minimum absolute atomic E-state index is 0.105. The monoisotopic (exact) mass is 490 g/mol. The molecule has 1 saturated carbocycles. The first-order valence-corrected chi connectivity index (χ1v) is 14.5. The van der Waals surface area contributed by atoms with Crippen molar-refractivity contribution in [2.75, 3.05) is 19.6 Å². The van der Waals surface area contributed by atoms with Gasteiger partial charge in [-0.2, -0.15) is 0 Å². The molecule has 1 N–H and O–H groups in total. The highest BCUT2D eigenvalue weighted by Gasteiger charge is 2.67. The lowest BCUT2D eigenvalue weighted by Gasteiger charge is -2.41. The molecule has 3 fully saturated rings. The summed E-state index contributed by atoms with van der Waals surface area (Å²) in [6, 6.07) is 0. The fraction of sp³-hybridized carbons (Fsp3) is 0.968. The molecule has 4 nitrogen and oxygen atoms in total. The zero-order valence-electron chi connectivity index (χ0n) is 25.2. The van der Waals surface area contributed by atoms with Crippen LogP contribution in [0.4, 0.5) is 0 Å². The van der Waals surface area contributed by atoms with Gasteiger partial charge in [-0.3, -0.25) is 4.79 Å². The van der Waals surface area contributed by atoms with Crippen molar-refractivity contribution in [3.8, 4) is 0 Å². The maximum absolute atomic E-state index is 13.8. The highest BCUT2D eigenvalue weighted by Crippen LogP contribution is 2.75. The summed E-state index contributed by atoms with van der Waals surface area (Å²) in [6.45, 7) is 29.3. The second-order valence-corrected chi connectivity index (χ2v) is 16.2. The number of carbonyl (C=O) groups excluding carboxylic acids is 1. The Kier molecular flexibility index (Phi) is 7.69. The average Bonchev–Trinajstić information content (AvgIpc) is 3.02. The van der Waals surface area contributed by atoms with E-state index in [4.69, 9.17) is 0 Å². The van der Waals surface area contributed by atoms with Crippen molar-refractivity contribution in [3.63, 3.8) is 0 Å². The number of likely N-dealkylation sites (tertiary alicyclic amines) is 2. The van der Waals surface area contributed by atoms with Gasteiger partial charge in [0, 0.05) is 17.9 Å². The molecule has 0 aromatic heterocycles. The summed E-state index contributed by atoms with van der Waals surface area (Å²) >= 11 is 0. The van der Waals surface area contributed by atoms with E-state index in [1.807, 2.05) is 4.90 Å². The Morgan fingerprint density at radius 2 is 1.54 bits per heavy atom. The molecule has 1 aliphatic carbocycles. The van der Waals surface area contributed by atoms with Gasteiger partial charge in [0.05, 0.1) is 0 Å². The molecule has 2 saturated heterocycles.